The highest BCUT2D eigenvalue weighted by atomic mass is 79.9. The zero-order valence-corrected chi connectivity index (χ0v) is 11.7. The third-order valence-corrected chi connectivity index (χ3v) is 3.12. The van der Waals surface area contributed by atoms with E-state index in [9.17, 15) is 4.79 Å². The minimum atomic E-state index is -0.155. The number of nitrogens with one attached hydrogen (secondary N) is 1. The van der Waals surface area contributed by atoms with Gasteiger partial charge < -0.3 is 16.2 Å². The number of pyridine rings is 1. The van der Waals surface area contributed by atoms with Crippen molar-refractivity contribution in [3.63, 3.8) is 0 Å². The van der Waals surface area contributed by atoms with E-state index in [-0.39, 0.29) is 12.5 Å². The zero-order chi connectivity index (χ0) is 13.4. The monoisotopic (exact) mass is 315 g/mol. The first-order chi connectivity index (χ1) is 8.65. The molecule has 1 aromatic heterocycles. The van der Waals surface area contributed by atoms with Gasteiger partial charge in [0.15, 0.2) is 0 Å². The first kappa shape index (κ1) is 14.9. The van der Waals surface area contributed by atoms with Crippen LogP contribution in [0.15, 0.2) is 16.7 Å². The summed E-state index contributed by atoms with van der Waals surface area (Å²) in [6, 6.07) is 1.55. The number of nitrogens with two attached hydrogens (primary N) is 1. The smallest absolute Gasteiger partial charge is 0.252 e. The van der Waals surface area contributed by atoms with Crippen molar-refractivity contribution in [1.29, 1.82) is 0 Å². The normalized spacial score (nSPS) is 10.3. The van der Waals surface area contributed by atoms with E-state index in [0.717, 1.165) is 25.7 Å². The number of carbonyl (C=O) groups excluding carboxylic acids is 1. The Hall–Kier alpha value is -1.14. The van der Waals surface area contributed by atoms with Crippen LogP contribution in [0.2, 0.25) is 0 Å². The van der Waals surface area contributed by atoms with Gasteiger partial charge in [-0.25, -0.2) is 4.98 Å². The fourth-order valence-electron chi connectivity index (χ4n) is 1.52. The van der Waals surface area contributed by atoms with E-state index in [1.54, 1.807) is 6.07 Å². The van der Waals surface area contributed by atoms with Crippen LogP contribution in [0.25, 0.3) is 0 Å². The summed E-state index contributed by atoms with van der Waals surface area (Å²) >= 11 is 3.27. The van der Waals surface area contributed by atoms with Gasteiger partial charge in [-0.1, -0.05) is 12.8 Å². The molecule has 0 aliphatic heterocycles. The Balaban J connectivity index is 2.34. The quantitative estimate of drug-likeness (QED) is 0.668. The van der Waals surface area contributed by atoms with Crippen LogP contribution in [0.1, 0.15) is 36.0 Å². The summed E-state index contributed by atoms with van der Waals surface area (Å²) in [6.07, 6.45) is 5.23. The van der Waals surface area contributed by atoms with E-state index in [0.29, 0.717) is 22.4 Å². The van der Waals surface area contributed by atoms with Crippen LogP contribution in [0.5, 0.6) is 0 Å². The highest BCUT2D eigenvalue weighted by Gasteiger charge is 2.10. The molecule has 1 rings (SSSR count). The molecule has 4 N–H and O–H groups in total. The summed E-state index contributed by atoms with van der Waals surface area (Å²) in [6.45, 7) is 0.856. The van der Waals surface area contributed by atoms with Crippen molar-refractivity contribution in [2.24, 2.45) is 0 Å². The number of carbonyl (C=O) groups is 1. The lowest BCUT2D eigenvalue weighted by atomic mass is 10.2. The van der Waals surface area contributed by atoms with E-state index < -0.39 is 0 Å². The Labute approximate surface area is 115 Å². The maximum atomic E-state index is 11.8. The first-order valence-corrected chi connectivity index (χ1v) is 6.74. The fraction of sp³-hybridized carbons (Fsp3) is 0.500. The Morgan fingerprint density at radius 3 is 2.83 bits per heavy atom. The topological polar surface area (TPSA) is 88.2 Å². The maximum Gasteiger partial charge on any atom is 0.252 e. The van der Waals surface area contributed by atoms with Crippen molar-refractivity contribution in [2.75, 3.05) is 18.9 Å². The molecule has 18 heavy (non-hydrogen) atoms. The van der Waals surface area contributed by atoms with Crippen LogP contribution >= 0.6 is 15.9 Å². The van der Waals surface area contributed by atoms with E-state index in [2.05, 4.69) is 26.2 Å². The van der Waals surface area contributed by atoms with E-state index >= 15 is 0 Å². The molecule has 6 heteroatoms. The number of anilines is 1. The van der Waals surface area contributed by atoms with E-state index in [1.807, 2.05) is 0 Å². The van der Waals surface area contributed by atoms with Gasteiger partial charge in [-0.3, -0.25) is 4.79 Å². The molecule has 0 radical (unpaired) electrons. The first-order valence-electron chi connectivity index (χ1n) is 5.95. The summed E-state index contributed by atoms with van der Waals surface area (Å²) in [7, 11) is 0. The van der Waals surface area contributed by atoms with Crippen molar-refractivity contribution >= 4 is 27.7 Å². The largest absolute Gasteiger partial charge is 0.396 e. The van der Waals surface area contributed by atoms with Crippen molar-refractivity contribution in [1.82, 2.24) is 10.3 Å². The lowest BCUT2D eigenvalue weighted by Crippen LogP contribution is -2.25. The molecule has 0 aliphatic carbocycles. The number of aliphatic hydroxyl groups is 1. The van der Waals surface area contributed by atoms with Gasteiger partial charge in [0.05, 0.1) is 5.56 Å². The number of nitrogen functional groups attached to an aromatic ring is 1. The van der Waals surface area contributed by atoms with Crippen LogP contribution in [-0.4, -0.2) is 29.1 Å². The number of nitrogens with zero attached hydrogens (tertiary/aromatic N) is 1. The van der Waals surface area contributed by atoms with Gasteiger partial charge in [0.1, 0.15) is 5.82 Å². The van der Waals surface area contributed by atoms with Crippen molar-refractivity contribution < 1.29 is 9.90 Å². The predicted molar refractivity (Wildman–Crippen MR) is 74.2 cm³/mol. The lowest BCUT2D eigenvalue weighted by molar-refractivity contribution is 0.0952. The molecular weight excluding hydrogens is 298 g/mol. The third-order valence-electron chi connectivity index (χ3n) is 2.49. The molecule has 0 fully saturated rings. The molecule has 0 saturated carbocycles. The SMILES string of the molecule is Nc1cc(C(=O)NCCCCCCO)c(Br)cn1. The molecule has 0 unspecified atom stereocenters. The Kier molecular flexibility index (Phi) is 6.67. The Morgan fingerprint density at radius 2 is 2.11 bits per heavy atom. The van der Waals surface area contributed by atoms with Gasteiger partial charge in [-0.2, -0.15) is 0 Å². The van der Waals surface area contributed by atoms with Crippen LogP contribution in [0, 0.1) is 0 Å². The number of hydrogen-bond acceptors (Lipinski definition) is 4. The molecule has 0 aromatic carbocycles. The zero-order valence-electron chi connectivity index (χ0n) is 10.2. The number of halogens is 1. The summed E-state index contributed by atoms with van der Waals surface area (Å²) in [4.78, 5) is 15.7. The highest BCUT2D eigenvalue weighted by molar-refractivity contribution is 9.10. The molecule has 0 bridgehead atoms. The van der Waals surface area contributed by atoms with E-state index in [1.165, 1.54) is 6.20 Å². The summed E-state index contributed by atoms with van der Waals surface area (Å²) in [5, 5.41) is 11.5. The van der Waals surface area contributed by atoms with Gasteiger partial charge >= 0.3 is 0 Å². The summed E-state index contributed by atoms with van der Waals surface area (Å²) < 4.78 is 0.634. The molecule has 1 heterocycles. The van der Waals surface area contributed by atoms with Crippen LogP contribution < -0.4 is 11.1 Å². The number of aromatic nitrogens is 1. The summed E-state index contributed by atoms with van der Waals surface area (Å²) in [5.41, 5.74) is 6.04. The number of amides is 1. The third kappa shape index (κ3) is 5.01. The maximum absolute atomic E-state index is 11.8. The Bertz CT molecular complexity index is 399. The van der Waals surface area contributed by atoms with Gasteiger partial charge in [0.2, 0.25) is 0 Å². The molecular formula is C12H18BrN3O2. The van der Waals surface area contributed by atoms with E-state index in [4.69, 9.17) is 10.8 Å². The average Bonchev–Trinajstić information content (AvgIpc) is 2.36. The minimum absolute atomic E-state index is 0.155. The second-order valence-electron chi connectivity index (χ2n) is 3.98. The molecule has 100 valence electrons. The highest BCUT2D eigenvalue weighted by Crippen LogP contribution is 2.17. The second kappa shape index (κ2) is 8.05. The molecule has 0 atom stereocenters. The molecule has 1 amide bonds. The lowest BCUT2D eigenvalue weighted by Gasteiger charge is -2.07. The average molecular weight is 316 g/mol. The molecule has 0 spiro atoms. The Morgan fingerprint density at radius 1 is 1.39 bits per heavy atom. The van der Waals surface area contributed by atoms with Crippen LogP contribution in [0.3, 0.4) is 0 Å². The standard InChI is InChI=1S/C12H18BrN3O2/c13-10-8-16-11(14)7-9(10)12(18)15-5-3-1-2-4-6-17/h7-8,17H,1-6H2,(H2,14,16)(H,15,18). The number of unbranched alkanes of at least 4 members (excludes halogenated alkanes) is 3. The van der Waals surface area contributed by atoms with Gasteiger partial charge in [0.25, 0.3) is 5.91 Å². The van der Waals surface area contributed by atoms with Gasteiger partial charge in [-0.15, -0.1) is 0 Å². The number of aliphatic hydroxyl groups excluding tert-OH is 1. The predicted octanol–water partition coefficient (Wildman–Crippen LogP) is 1.71. The van der Waals surface area contributed by atoms with Crippen molar-refractivity contribution in [2.45, 2.75) is 25.7 Å². The molecule has 1 aromatic rings. The van der Waals surface area contributed by atoms with Crippen LogP contribution in [-0.2, 0) is 0 Å². The molecule has 0 aliphatic rings. The second-order valence-corrected chi connectivity index (χ2v) is 4.84. The van der Waals surface area contributed by atoms with Gasteiger partial charge in [0, 0.05) is 23.8 Å². The summed E-state index contributed by atoms with van der Waals surface area (Å²) in [5.74, 6) is 0.171. The van der Waals surface area contributed by atoms with Crippen LogP contribution in [0.4, 0.5) is 5.82 Å². The van der Waals surface area contributed by atoms with Crippen molar-refractivity contribution in [3.05, 3.63) is 22.3 Å². The number of hydrogen-bond donors (Lipinski definition) is 3. The molecule has 0 saturated heterocycles. The minimum Gasteiger partial charge on any atom is -0.396 e. The van der Waals surface area contributed by atoms with Crippen molar-refractivity contribution in [3.8, 4) is 0 Å². The fourth-order valence-corrected chi connectivity index (χ4v) is 1.91. The van der Waals surface area contributed by atoms with Gasteiger partial charge in [-0.05, 0) is 34.8 Å². The molecule has 5 nitrogen and oxygen atoms in total. The number of rotatable bonds is 7.